The summed E-state index contributed by atoms with van der Waals surface area (Å²) >= 11 is 0. The summed E-state index contributed by atoms with van der Waals surface area (Å²) in [6, 6.07) is 5.57. The number of urea groups is 1. The van der Waals surface area contributed by atoms with Gasteiger partial charge in [-0.25, -0.2) is 13.9 Å². The highest BCUT2D eigenvalue weighted by Gasteiger charge is 2.12. The lowest BCUT2D eigenvalue weighted by atomic mass is 10.2. The predicted octanol–water partition coefficient (Wildman–Crippen LogP) is 1.47. The van der Waals surface area contributed by atoms with Crippen LogP contribution in [0, 0.1) is 5.82 Å². The van der Waals surface area contributed by atoms with Crippen molar-refractivity contribution >= 4 is 11.7 Å². The number of carbonyl (C=O) groups excluding carboxylic acids is 1. The fraction of sp³-hybridized carbons (Fsp3) is 0.375. The van der Waals surface area contributed by atoms with Crippen molar-refractivity contribution in [3.05, 3.63) is 42.5 Å². The van der Waals surface area contributed by atoms with Crippen molar-refractivity contribution < 1.29 is 13.9 Å². The van der Waals surface area contributed by atoms with Crippen LogP contribution in [0.25, 0.3) is 5.69 Å². The van der Waals surface area contributed by atoms with Gasteiger partial charge in [0.15, 0.2) is 0 Å². The van der Waals surface area contributed by atoms with Crippen LogP contribution in [-0.2, 0) is 4.74 Å². The fourth-order valence-electron chi connectivity index (χ4n) is 2.54. The van der Waals surface area contributed by atoms with E-state index in [1.165, 1.54) is 12.1 Å². The summed E-state index contributed by atoms with van der Waals surface area (Å²) in [5.74, 6) is -0.422. The Balaban J connectivity index is 1.56. The average molecular weight is 333 g/mol. The van der Waals surface area contributed by atoms with E-state index >= 15 is 0 Å². The summed E-state index contributed by atoms with van der Waals surface area (Å²) in [6.45, 7) is 4.46. The van der Waals surface area contributed by atoms with Crippen molar-refractivity contribution in [2.45, 2.75) is 0 Å². The van der Waals surface area contributed by atoms with Gasteiger partial charge in [-0.3, -0.25) is 4.90 Å². The standard InChI is InChI=1S/C16H20FN5O2/c17-13-2-3-15(22-6-1-4-19-22)14(12-13)20-16(23)18-5-7-21-8-10-24-11-9-21/h1-4,6,12H,5,7-11H2,(H2,18,20,23). The summed E-state index contributed by atoms with van der Waals surface area (Å²) < 4.78 is 20.4. The molecule has 2 N–H and O–H groups in total. The van der Waals surface area contributed by atoms with Crippen LogP contribution < -0.4 is 10.6 Å². The fourth-order valence-corrected chi connectivity index (χ4v) is 2.54. The lowest BCUT2D eigenvalue weighted by molar-refractivity contribution is 0.0388. The van der Waals surface area contributed by atoms with Crippen LogP contribution in [0.4, 0.5) is 14.9 Å². The van der Waals surface area contributed by atoms with E-state index in [1.54, 1.807) is 29.2 Å². The van der Waals surface area contributed by atoms with Gasteiger partial charge in [-0.2, -0.15) is 5.10 Å². The minimum absolute atomic E-state index is 0.363. The topological polar surface area (TPSA) is 71.4 Å². The maximum atomic E-state index is 13.5. The van der Waals surface area contributed by atoms with Crippen LogP contribution in [0.3, 0.4) is 0 Å². The van der Waals surface area contributed by atoms with Gasteiger partial charge >= 0.3 is 6.03 Å². The molecule has 1 aromatic carbocycles. The Morgan fingerprint density at radius 3 is 2.92 bits per heavy atom. The quantitative estimate of drug-likeness (QED) is 0.869. The van der Waals surface area contributed by atoms with Gasteiger partial charge in [0.2, 0.25) is 0 Å². The molecule has 1 saturated heterocycles. The molecule has 1 fully saturated rings. The Labute approximate surface area is 139 Å². The maximum absolute atomic E-state index is 13.5. The molecular formula is C16H20FN5O2. The first-order chi connectivity index (χ1) is 11.7. The second-order valence-electron chi connectivity index (χ2n) is 5.45. The van der Waals surface area contributed by atoms with Gasteiger partial charge in [-0.15, -0.1) is 0 Å². The first kappa shape index (κ1) is 16.4. The van der Waals surface area contributed by atoms with Crippen molar-refractivity contribution in [1.29, 1.82) is 0 Å². The zero-order valence-electron chi connectivity index (χ0n) is 13.2. The number of amides is 2. The number of nitrogens with one attached hydrogen (secondary N) is 2. The molecule has 0 unspecified atom stereocenters. The molecule has 0 bridgehead atoms. The molecule has 2 heterocycles. The summed E-state index contributed by atoms with van der Waals surface area (Å²) in [5, 5.41) is 9.58. The molecule has 2 aromatic rings. The number of aromatic nitrogens is 2. The second-order valence-corrected chi connectivity index (χ2v) is 5.45. The van der Waals surface area contributed by atoms with Gasteiger partial charge in [0.1, 0.15) is 5.82 Å². The largest absolute Gasteiger partial charge is 0.379 e. The molecule has 0 aliphatic carbocycles. The van der Waals surface area contributed by atoms with Crippen LogP contribution in [-0.4, -0.2) is 60.1 Å². The lowest BCUT2D eigenvalue weighted by Gasteiger charge is -2.26. The average Bonchev–Trinajstić information content (AvgIpc) is 3.10. The molecule has 1 aliphatic heterocycles. The van der Waals surface area contributed by atoms with Crippen LogP contribution in [0.5, 0.6) is 0 Å². The van der Waals surface area contributed by atoms with Crippen LogP contribution >= 0.6 is 0 Å². The number of benzene rings is 1. The Morgan fingerprint density at radius 1 is 1.33 bits per heavy atom. The highest BCUT2D eigenvalue weighted by Crippen LogP contribution is 2.20. The number of carbonyl (C=O) groups is 1. The smallest absolute Gasteiger partial charge is 0.319 e. The zero-order chi connectivity index (χ0) is 16.8. The minimum Gasteiger partial charge on any atom is -0.379 e. The van der Waals surface area contributed by atoms with Crippen molar-refractivity contribution in [3.8, 4) is 5.69 Å². The first-order valence-corrected chi connectivity index (χ1v) is 7.87. The molecule has 0 atom stereocenters. The number of anilines is 1. The Morgan fingerprint density at radius 2 is 2.17 bits per heavy atom. The third kappa shape index (κ3) is 4.30. The molecule has 3 rings (SSSR count). The molecule has 24 heavy (non-hydrogen) atoms. The highest BCUT2D eigenvalue weighted by atomic mass is 19.1. The SMILES string of the molecule is O=C(NCCN1CCOCC1)Nc1cc(F)ccc1-n1cccn1. The van der Waals surface area contributed by atoms with Gasteiger partial charge < -0.3 is 15.4 Å². The van der Waals surface area contributed by atoms with E-state index in [0.717, 1.165) is 32.8 Å². The normalized spacial score (nSPS) is 15.2. The first-order valence-electron chi connectivity index (χ1n) is 7.87. The van der Waals surface area contributed by atoms with Gasteiger partial charge in [-0.1, -0.05) is 0 Å². The molecule has 0 saturated carbocycles. The highest BCUT2D eigenvalue weighted by molar-refractivity contribution is 5.91. The van der Waals surface area contributed by atoms with Crippen molar-refractivity contribution in [1.82, 2.24) is 20.0 Å². The number of hydrogen-bond acceptors (Lipinski definition) is 4. The van der Waals surface area contributed by atoms with E-state index in [9.17, 15) is 9.18 Å². The molecule has 7 nitrogen and oxygen atoms in total. The molecule has 1 aliphatic rings. The molecule has 0 spiro atoms. The predicted molar refractivity (Wildman–Crippen MR) is 87.8 cm³/mol. The van der Waals surface area contributed by atoms with Crippen LogP contribution in [0.1, 0.15) is 0 Å². The number of halogens is 1. The van der Waals surface area contributed by atoms with Crippen LogP contribution in [0.2, 0.25) is 0 Å². The zero-order valence-corrected chi connectivity index (χ0v) is 13.2. The maximum Gasteiger partial charge on any atom is 0.319 e. The Kier molecular flexibility index (Phi) is 5.39. The number of nitrogens with zero attached hydrogens (tertiary/aromatic N) is 3. The van der Waals surface area contributed by atoms with Crippen molar-refractivity contribution in [2.24, 2.45) is 0 Å². The number of hydrogen-bond donors (Lipinski definition) is 2. The molecule has 128 valence electrons. The van der Waals surface area contributed by atoms with E-state index < -0.39 is 5.82 Å². The van der Waals surface area contributed by atoms with E-state index in [4.69, 9.17) is 4.74 Å². The Bertz CT molecular complexity index is 671. The van der Waals surface area contributed by atoms with Gasteiger partial charge in [0.05, 0.1) is 24.6 Å². The van der Waals surface area contributed by atoms with Crippen LogP contribution in [0.15, 0.2) is 36.7 Å². The lowest BCUT2D eigenvalue weighted by Crippen LogP contribution is -2.42. The van der Waals surface area contributed by atoms with E-state index in [1.807, 2.05) is 0 Å². The molecule has 0 radical (unpaired) electrons. The van der Waals surface area contributed by atoms with E-state index in [2.05, 4.69) is 20.6 Å². The third-order valence-electron chi connectivity index (χ3n) is 3.78. The van der Waals surface area contributed by atoms with E-state index in [-0.39, 0.29) is 6.03 Å². The molecule has 8 heteroatoms. The Hall–Kier alpha value is -2.45. The monoisotopic (exact) mass is 333 g/mol. The third-order valence-corrected chi connectivity index (χ3v) is 3.78. The molecule has 2 amide bonds. The number of morpholine rings is 1. The summed E-state index contributed by atoms with van der Waals surface area (Å²) in [5.41, 5.74) is 0.965. The molecule has 1 aromatic heterocycles. The van der Waals surface area contributed by atoms with Crippen molar-refractivity contribution in [3.63, 3.8) is 0 Å². The number of rotatable bonds is 5. The van der Waals surface area contributed by atoms with Gasteiger partial charge in [-0.05, 0) is 24.3 Å². The van der Waals surface area contributed by atoms with E-state index in [0.29, 0.717) is 17.9 Å². The van der Waals surface area contributed by atoms with Crippen molar-refractivity contribution in [2.75, 3.05) is 44.7 Å². The minimum atomic E-state index is -0.422. The number of ether oxygens (including phenoxy) is 1. The second kappa shape index (κ2) is 7.89. The summed E-state index contributed by atoms with van der Waals surface area (Å²) in [4.78, 5) is 14.3. The summed E-state index contributed by atoms with van der Waals surface area (Å²) in [6.07, 6.45) is 3.35. The summed E-state index contributed by atoms with van der Waals surface area (Å²) in [7, 11) is 0. The van der Waals surface area contributed by atoms with Gasteiger partial charge in [0, 0.05) is 38.6 Å². The van der Waals surface area contributed by atoms with Gasteiger partial charge in [0.25, 0.3) is 0 Å². The molecular weight excluding hydrogens is 313 g/mol.